The van der Waals surface area contributed by atoms with Crippen LogP contribution in [0.5, 0.6) is 0 Å². The molecule has 0 heterocycles. The fourth-order valence-corrected chi connectivity index (χ4v) is 3.44. The van der Waals surface area contributed by atoms with Crippen molar-refractivity contribution < 1.29 is 4.79 Å². The predicted octanol–water partition coefficient (Wildman–Crippen LogP) is 3.69. The van der Waals surface area contributed by atoms with Gasteiger partial charge in [0.2, 0.25) is 5.91 Å². The molecule has 0 N–H and O–H groups in total. The van der Waals surface area contributed by atoms with Gasteiger partial charge in [-0.1, -0.05) is 18.2 Å². The average Bonchev–Trinajstić information content (AvgIpc) is 2.89. The Hall–Kier alpha value is -1.22. The molecule has 0 radical (unpaired) electrons. The van der Waals surface area contributed by atoms with Crippen LogP contribution < -0.4 is 0 Å². The summed E-state index contributed by atoms with van der Waals surface area (Å²) in [5.41, 5.74) is 3.98. The maximum Gasteiger partial charge on any atom is 0.233 e. The summed E-state index contributed by atoms with van der Waals surface area (Å²) < 4.78 is 0. The van der Waals surface area contributed by atoms with Crippen molar-refractivity contribution in [1.82, 2.24) is 4.90 Å². The molecule has 1 aromatic carbocycles. The zero-order chi connectivity index (χ0) is 14.5. The van der Waals surface area contributed by atoms with Crippen molar-refractivity contribution in [3.05, 3.63) is 41.5 Å². The minimum Gasteiger partial charge on any atom is -0.338 e. The van der Waals surface area contributed by atoms with E-state index < -0.39 is 0 Å². The minimum absolute atomic E-state index is 0.195. The standard InChI is InChI=1S/C17H23NOS/c1-4-18(11-13(2)3)17(19)12-20-16-9-8-14-6-5-7-15(14)10-16/h8-10H,2,4-7,11-12H2,1,3H3. The second-order valence-corrected chi connectivity index (χ2v) is 6.49. The molecule has 1 aliphatic rings. The molecule has 0 saturated carbocycles. The molecule has 1 aromatic rings. The molecule has 0 bridgehead atoms. The van der Waals surface area contributed by atoms with Gasteiger partial charge in [-0.25, -0.2) is 0 Å². The van der Waals surface area contributed by atoms with Crippen molar-refractivity contribution >= 4 is 17.7 Å². The van der Waals surface area contributed by atoms with Crippen molar-refractivity contribution in [2.45, 2.75) is 38.0 Å². The number of carbonyl (C=O) groups excluding carboxylic acids is 1. The van der Waals surface area contributed by atoms with Gasteiger partial charge in [-0.05, 0) is 56.4 Å². The zero-order valence-electron chi connectivity index (χ0n) is 12.4. The lowest BCUT2D eigenvalue weighted by Gasteiger charge is -2.20. The normalized spacial score (nSPS) is 13.1. The maximum absolute atomic E-state index is 12.2. The van der Waals surface area contributed by atoms with Crippen LogP contribution >= 0.6 is 11.8 Å². The van der Waals surface area contributed by atoms with Crippen LogP contribution in [0.1, 0.15) is 31.4 Å². The fourth-order valence-electron chi connectivity index (χ4n) is 2.58. The summed E-state index contributed by atoms with van der Waals surface area (Å²) in [6.07, 6.45) is 3.67. The SMILES string of the molecule is C=C(C)CN(CC)C(=O)CSc1ccc2c(c1)CCC2. The fraction of sp³-hybridized carbons (Fsp3) is 0.471. The van der Waals surface area contributed by atoms with Gasteiger partial charge in [0.25, 0.3) is 0 Å². The molecule has 0 aromatic heterocycles. The molecule has 0 spiro atoms. The third-order valence-electron chi connectivity index (χ3n) is 3.63. The number of aryl methyl sites for hydroxylation is 2. The molecule has 0 atom stereocenters. The highest BCUT2D eigenvalue weighted by Crippen LogP contribution is 2.27. The van der Waals surface area contributed by atoms with E-state index in [9.17, 15) is 4.79 Å². The monoisotopic (exact) mass is 289 g/mol. The number of fused-ring (bicyclic) bond motifs is 1. The van der Waals surface area contributed by atoms with Gasteiger partial charge < -0.3 is 4.90 Å². The van der Waals surface area contributed by atoms with E-state index >= 15 is 0 Å². The summed E-state index contributed by atoms with van der Waals surface area (Å²) >= 11 is 1.64. The van der Waals surface area contributed by atoms with Gasteiger partial charge >= 0.3 is 0 Å². The van der Waals surface area contributed by atoms with Gasteiger partial charge in [0.05, 0.1) is 5.75 Å². The number of benzene rings is 1. The summed E-state index contributed by atoms with van der Waals surface area (Å²) in [5, 5.41) is 0. The molecule has 1 amide bonds. The van der Waals surface area contributed by atoms with Crippen molar-refractivity contribution in [1.29, 1.82) is 0 Å². The Kier molecular flexibility index (Phi) is 5.30. The van der Waals surface area contributed by atoms with Gasteiger partial charge in [0.15, 0.2) is 0 Å². The first-order valence-electron chi connectivity index (χ1n) is 7.27. The van der Waals surface area contributed by atoms with Gasteiger partial charge in [-0.2, -0.15) is 0 Å². The largest absolute Gasteiger partial charge is 0.338 e. The Morgan fingerprint density at radius 2 is 2.10 bits per heavy atom. The summed E-state index contributed by atoms with van der Waals surface area (Å²) in [6, 6.07) is 6.63. The molecule has 2 rings (SSSR count). The molecule has 3 heteroatoms. The lowest BCUT2D eigenvalue weighted by Crippen LogP contribution is -2.33. The number of carbonyl (C=O) groups is 1. The molecule has 0 saturated heterocycles. The Morgan fingerprint density at radius 1 is 1.35 bits per heavy atom. The Bertz CT molecular complexity index is 510. The molecule has 20 heavy (non-hydrogen) atoms. The van der Waals surface area contributed by atoms with Crippen LogP contribution in [0.4, 0.5) is 0 Å². The number of amides is 1. The predicted molar refractivity (Wildman–Crippen MR) is 86.3 cm³/mol. The molecule has 108 valence electrons. The molecule has 1 aliphatic carbocycles. The van der Waals surface area contributed by atoms with E-state index in [1.165, 1.54) is 35.3 Å². The summed E-state index contributed by atoms with van der Waals surface area (Å²) in [5.74, 6) is 0.709. The average molecular weight is 289 g/mol. The van der Waals surface area contributed by atoms with Gasteiger partial charge in [0.1, 0.15) is 0 Å². The van der Waals surface area contributed by atoms with Crippen LogP contribution in [0, 0.1) is 0 Å². The lowest BCUT2D eigenvalue weighted by atomic mass is 10.1. The van der Waals surface area contributed by atoms with Crippen LogP contribution in [-0.4, -0.2) is 29.6 Å². The number of rotatable bonds is 6. The molecular weight excluding hydrogens is 266 g/mol. The smallest absolute Gasteiger partial charge is 0.233 e. The summed E-state index contributed by atoms with van der Waals surface area (Å²) in [4.78, 5) is 15.3. The Labute approximate surface area is 126 Å². The molecule has 2 nitrogen and oxygen atoms in total. The van der Waals surface area contributed by atoms with E-state index in [1.807, 2.05) is 18.7 Å². The van der Waals surface area contributed by atoms with Crippen LogP contribution in [-0.2, 0) is 17.6 Å². The second-order valence-electron chi connectivity index (χ2n) is 5.44. The van der Waals surface area contributed by atoms with Crippen LogP contribution in [0.25, 0.3) is 0 Å². The number of nitrogens with zero attached hydrogens (tertiary/aromatic N) is 1. The number of thioether (sulfide) groups is 1. The Morgan fingerprint density at radius 3 is 2.80 bits per heavy atom. The summed E-state index contributed by atoms with van der Waals surface area (Å²) in [7, 11) is 0. The third-order valence-corrected chi connectivity index (χ3v) is 4.61. The van der Waals surface area contributed by atoms with Crippen molar-refractivity contribution in [3.8, 4) is 0 Å². The van der Waals surface area contributed by atoms with Crippen molar-refractivity contribution in [2.75, 3.05) is 18.8 Å². The summed E-state index contributed by atoms with van der Waals surface area (Å²) in [6.45, 7) is 9.27. The maximum atomic E-state index is 12.2. The van der Waals surface area contributed by atoms with Crippen molar-refractivity contribution in [3.63, 3.8) is 0 Å². The third kappa shape index (κ3) is 3.89. The topological polar surface area (TPSA) is 20.3 Å². The van der Waals surface area contributed by atoms with E-state index in [1.54, 1.807) is 11.8 Å². The van der Waals surface area contributed by atoms with Crippen LogP contribution in [0.2, 0.25) is 0 Å². The van der Waals surface area contributed by atoms with Crippen LogP contribution in [0.3, 0.4) is 0 Å². The number of hydrogen-bond donors (Lipinski definition) is 0. The van der Waals surface area contributed by atoms with E-state index in [0.29, 0.717) is 12.3 Å². The highest BCUT2D eigenvalue weighted by atomic mass is 32.2. The number of likely N-dealkylation sites (N-methyl/N-ethyl adjacent to an activating group) is 1. The zero-order valence-corrected chi connectivity index (χ0v) is 13.3. The Balaban J connectivity index is 1.91. The number of hydrogen-bond acceptors (Lipinski definition) is 2. The first-order chi connectivity index (χ1) is 9.60. The van der Waals surface area contributed by atoms with E-state index in [-0.39, 0.29) is 5.91 Å². The highest BCUT2D eigenvalue weighted by molar-refractivity contribution is 8.00. The van der Waals surface area contributed by atoms with Crippen LogP contribution in [0.15, 0.2) is 35.2 Å². The molecule has 0 unspecified atom stereocenters. The molecule has 0 aliphatic heterocycles. The quantitative estimate of drug-likeness (QED) is 0.588. The highest BCUT2D eigenvalue weighted by Gasteiger charge is 2.14. The van der Waals surface area contributed by atoms with E-state index in [0.717, 1.165) is 12.1 Å². The van der Waals surface area contributed by atoms with E-state index in [4.69, 9.17) is 0 Å². The van der Waals surface area contributed by atoms with Gasteiger partial charge in [0, 0.05) is 18.0 Å². The second kappa shape index (κ2) is 6.98. The first kappa shape index (κ1) is 15.2. The van der Waals surface area contributed by atoms with Crippen molar-refractivity contribution in [2.24, 2.45) is 0 Å². The molecule has 0 fully saturated rings. The first-order valence-corrected chi connectivity index (χ1v) is 8.25. The lowest BCUT2D eigenvalue weighted by molar-refractivity contribution is -0.127. The minimum atomic E-state index is 0.195. The van der Waals surface area contributed by atoms with Gasteiger partial charge in [-0.3, -0.25) is 4.79 Å². The van der Waals surface area contributed by atoms with Gasteiger partial charge in [-0.15, -0.1) is 11.8 Å². The molecular formula is C17H23NOS. The van der Waals surface area contributed by atoms with E-state index in [2.05, 4.69) is 24.8 Å².